The molecule has 26 heavy (non-hydrogen) atoms. The smallest absolute Gasteiger partial charge is 0.243 e. The first kappa shape index (κ1) is 19.2. The fourth-order valence-corrected chi connectivity index (χ4v) is 5.74. The summed E-state index contributed by atoms with van der Waals surface area (Å²) in [5.41, 5.74) is 4.78. The molecule has 0 N–H and O–H groups in total. The highest BCUT2D eigenvalue weighted by Crippen LogP contribution is 2.30. The molecule has 1 saturated heterocycles. The minimum absolute atomic E-state index is 0.473. The first-order chi connectivity index (χ1) is 12.2. The zero-order valence-electron chi connectivity index (χ0n) is 15.7. The number of sulfonamides is 1. The first-order valence-corrected chi connectivity index (χ1v) is 10.6. The van der Waals surface area contributed by atoms with Crippen molar-refractivity contribution in [1.82, 2.24) is 4.31 Å². The lowest BCUT2D eigenvalue weighted by Gasteiger charge is -2.36. The molecule has 6 heteroatoms. The molecule has 0 bridgehead atoms. The van der Waals surface area contributed by atoms with Crippen LogP contribution in [-0.4, -0.2) is 38.9 Å². The highest BCUT2D eigenvalue weighted by atomic mass is 35.5. The van der Waals surface area contributed by atoms with Crippen LogP contribution in [0.4, 0.5) is 5.69 Å². The van der Waals surface area contributed by atoms with Crippen LogP contribution in [0.2, 0.25) is 5.02 Å². The Labute approximate surface area is 161 Å². The van der Waals surface area contributed by atoms with Gasteiger partial charge in [0.15, 0.2) is 0 Å². The van der Waals surface area contributed by atoms with E-state index in [9.17, 15) is 8.42 Å². The normalized spacial score (nSPS) is 16.1. The second-order valence-corrected chi connectivity index (χ2v) is 9.27. The standard InChI is InChI=1S/C20H25ClN2O2S/c1-14-12-15(2)17(4)20(16(14)3)26(24,25)23-10-8-22(9-11-23)19-7-5-6-18(21)13-19/h5-7,12-13H,8-11H2,1-4H3. The van der Waals surface area contributed by atoms with Gasteiger partial charge in [0.1, 0.15) is 0 Å². The third kappa shape index (κ3) is 3.48. The Hall–Kier alpha value is -1.56. The van der Waals surface area contributed by atoms with Crippen molar-refractivity contribution in [2.24, 2.45) is 0 Å². The topological polar surface area (TPSA) is 40.6 Å². The average molecular weight is 393 g/mol. The lowest BCUT2D eigenvalue weighted by Crippen LogP contribution is -2.49. The summed E-state index contributed by atoms with van der Waals surface area (Å²) < 4.78 is 28.2. The maximum absolute atomic E-state index is 13.3. The summed E-state index contributed by atoms with van der Waals surface area (Å²) in [5.74, 6) is 0. The molecular formula is C20H25ClN2O2S. The summed E-state index contributed by atoms with van der Waals surface area (Å²) in [7, 11) is -3.50. The fraction of sp³-hybridized carbons (Fsp3) is 0.400. The molecule has 1 aliphatic rings. The van der Waals surface area contributed by atoms with Gasteiger partial charge in [-0.15, -0.1) is 0 Å². The molecule has 0 radical (unpaired) electrons. The molecule has 1 aliphatic heterocycles. The maximum atomic E-state index is 13.3. The molecule has 0 aliphatic carbocycles. The molecule has 1 heterocycles. The number of hydrogen-bond donors (Lipinski definition) is 0. The Kier molecular flexibility index (Phi) is 5.33. The van der Waals surface area contributed by atoms with Gasteiger partial charge >= 0.3 is 0 Å². The van der Waals surface area contributed by atoms with E-state index >= 15 is 0 Å². The predicted molar refractivity (Wildman–Crippen MR) is 108 cm³/mol. The third-order valence-corrected chi connectivity index (χ3v) is 7.72. The van der Waals surface area contributed by atoms with Crippen LogP contribution >= 0.6 is 11.6 Å². The van der Waals surface area contributed by atoms with Crippen LogP contribution in [0.25, 0.3) is 0 Å². The zero-order valence-corrected chi connectivity index (χ0v) is 17.3. The van der Waals surface area contributed by atoms with Crippen molar-refractivity contribution in [2.75, 3.05) is 31.1 Å². The SMILES string of the molecule is Cc1cc(C)c(C)c(S(=O)(=O)N2CCN(c3cccc(Cl)c3)CC2)c1C. The molecule has 2 aromatic carbocycles. The van der Waals surface area contributed by atoms with Gasteiger partial charge in [0.05, 0.1) is 4.90 Å². The Bertz CT molecular complexity index is 907. The molecule has 0 saturated carbocycles. The van der Waals surface area contributed by atoms with Crippen molar-refractivity contribution in [3.63, 3.8) is 0 Å². The van der Waals surface area contributed by atoms with Crippen LogP contribution in [0, 0.1) is 27.7 Å². The van der Waals surface area contributed by atoms with Crippen molar-refractivity contribution in [1.29, 1.82) is 0 Å². The summed E-state index contributed by atoms with van der Waals surface area (Å²) in [5, 5.41) is 0.694. The van der Waals surface area contributed by atoms with Crippen molar-refractivity contribution in [3.05, 3.63) is 57.6 Å². The van der Waals surface area contributed by atoms with E-state index in [4.69, 9.17) is 11.6 Å². The van der Waals surface area contributed by atoms with Crippen molar-refractivity contribution in [3.8, 4) is 0 Å². The van der Waals surface area contributed by atoms with E-state index < -0.39 is 10.0 Å². The monoisotopic (exact) mass is 392 g/mol. The summed E-state index contributed by atoms with van der Waals surface area (Å²) in [6.45, 7) is 10.00. The number of halogens is 1. The number of anilines is 1. The molecule has 3 rings (SSSR count). The van der Waals surface area contributed by atoms with E-state index in [2.05, 4.69) is 11.0 Å². The molecule has 4 nitrogen and oxygen atoms in total. The summed E-state index contributed by atoms with van der Waals surface area (Å²) >= 11 is 6.08. The largest absolute Gasteiger partial charge is 0.369 e. The molecule has 0 unspecified atom stereocenters. The van der Waals surface area contributed by atoms with Crippen LogP contribution in [0.1, 0.15) is 22.3 Å². The van der Waals surface area contributed by atoms with Crippen LogP contribution in [0.15, 0.2) is 35.2 Å². The third-order valence-electron chi connectivity index (χ3n) is 5.31. The van der Waals surface area contributed by atoms with E-state index in [1.165, 1.54) is 0 Å². The molecule has 0 aromatic heterocycles. The Morgan fingerprint density at radius 3 is 2.00 bits per heavy atom. The fourth-order valence-electron chi connectivity index (χ4n) is 3.56. The number of rotatable bonds is 3. The van der Waals surface area contributed by atoms with E-state index in [1.807, 2.05) is 52.0 Å². The highest BCUT2D eigenvalue weighted by Gasteiger charge is 2.31. The van der Waals surface area contributed by atoms with Gasteiger partial charge < -0.3 is 4.90 Å². The lowest BCUT2D eigenvalue weighted by molar-refractivity contribution is 0.384. The summed E-state index contributed by atoms with van der Waals surface area (Å²) in [4.78, 5) is 2.66. The summed E-state index contributed by atoms with van der Waals surface area (Å²) in [6.07, 6.45) is 0. The summed E-state index contributed by atoms with van der Waals surface area (Å²) in [6, 6.07) is 9.75. The molecule has 0 spiro atoms. The number of aryl methyl sites for hydroxylation is 2. The minimum atomic E-state index is -3.50. The molecule has 0 atom stereocenters. The van der Waals surface area contributed by atoms with Gasteiger partial charge in [-0.25, -0.2) is 8.42 Å². The number of piperazine rings is 1. The Morgan fingerprint density at radius 2 is 1.46 bits per heavy atom. The van der Waals surface area contributed by atoms with Crippen molar-refractivity contribution < 1.29 is 8.42 Å². The van der Waals surface area contributed by atoms with Crippen LogP contribution in [0.5, 0.6) is 0 Å². The van der Waals surface area contributed by atoms with Gasteiger partial charge in [-0.3, -0.25) is 0 Å². The molecule has 1 fully saturated rings. The molecule has 140 valence electrons. The number of benzene rings is 2. The van der Waals surface area contributed by atoms with Crippen LogP contribution < -0.4 is 4.90 Å². The number of hydrogen-bond acceptors (Lipinski definition) is 3. The second-order valence-electron chi connectivity index (χ2n) is 6.96. The van der Waals surface area contributed by atoms with Gasteiger partial charge in [-0.1, -0.05) is 23.7 Å². The maximum Gasteiger partial charge on any atom is 0.243 e. The lowest BCUT2D eigenvalue weighted by atomic mass is 10.0. The Balaban J connectivity index is 1.85. The van der Waals surface area contributed by atoms with Gasteiger partial charge in [-0.05, 0) is 68.1 Å². The van der Waals surface area contributed by atoms with E-state index in [-0.39, 0.29) is 0 Å². The highest BCUT2D eigenvalue weighted by molar-refractivity contribution is 7.89. The van der Waals surface area contributed by atoms with Crippen LogP contribution in [-0.2, 0) is 10.0 Å². The predicted octanol–water partition coefficient (Wildman–Crippen LogP) is 4.08. The molecular weight excluding hydrogens is 368 g/mol. The average Bonchev–Trinajstić information content (AvgIpc) is 2.60. The van der Waals surface area contributed by atoms with Gasteiger partial charge in [0.2, 0.25) is 10.0 Å². The van der Waals surface area contributed by atoms with Gasteiger partial charge in [0.25, 0.3) is 0 Å². The van der Waals surface area contributed by atoms with E-state index in [0.717, 1.165) is 27.9 Å². The van der Waals surface area contributed by atoms with E-state index in [0.29, 0.717) is 36.1 Å². The van der Waals surface area contributed by atoms with Gasteiger partial charge in [0, 0.05) is 36.9 Å². The van der Waals surface area contributed by atoms with Crippen LogP contribution in [0.3, 0.4) is 0 Å². The Morgan fingerprint density at radius 1 is 0.885 bits per heavy atom. The van der Waals surface area contributed by atoms with Crippen molar-refractivity contribution in [2.45, 2.75) is 32.6 Å². The molecule has 2 aromatic rings. The van der Waals surface area contributed by atoms with Crippen molar-refractivity contribution >= 4 is 27.3 Å². The van der Waals surface area contributed by atoms with E-state index in [1.54, 1.807) is 4.31 Å². The zero-order chi connectivity index (χ0) is 19.1. The minimum Gasteiger partial charge on any atom is -0.369 e. The number of nitrogens with zero attached hydrogens (tertiary/aromatic N) is 2. The molecule has 0 amide bonds. The first-order valence-electron chi connectivity index (χ1n) is 8.80. The van der Waals surface area contributed by atoms with Gasteiger partial charge in [-0.2, -0.15) is 4.31 Å². The quantitative estimate of drug-likeness (QED) is 0.790. The second kappa shape index (κ2) is 7.22.